The van der Waals surface area contributed by atoms with Crippen molar-refractivity contribution >= 4 is 17.0 Å². The third-order valence-corrected chi connectivity index (χ3v) is 2.19. The van der Waals surface area contributed by atoms with Crippen LogP contribution in [-0.2, 0) is 24.1 Å². The van der Waals surface area contributed by atoms with Gasteiger partial charge in [0.1, 0.15) is 0 Å². The molecule has 0 aromatic heterocycles. The molecule has 64 valence electrons. The van der Waals surface area contributed by atoms with Crippen LogP contribution in [0.2, 0.25) is 0 Å². The molecule has 0 atom stereocenters. The molecule has 0 radical (unpaired) electrons. The molecule has 0 aromatic carbocycles. The predicted octanol–water partition coefficient (Wildman–Crippen LogP) is -0.889. The molecule has 0 saturated carbocycles. The molecule has 12 heavy (non-hydrogen) atoms. The van der Waals surface area contributed by atoms with Crippen LogP contribution in [0.4, 0.5) is 0 Å². The summed E-state index contributed by atoms with van der Waals surface area (Å²) >= 11 is 0.482. The van der Waals surface area contributed by atoms with Gasteiger partial charge in [-0.05, 0) is 0 Å². The van der Waals surface area contributed by atoms with Gasteiger partial charge in [0.2, 0.25) is 0 Å². The van der Waals surface area contributed by atoms with Crippen molar-refractivity contribution < 1.29 is 33.8 Å². The minimum absolute atomic E-state index is 0.157. The molecule has 0 aliphatic heterocycles. The van der Waals surface area contributed by atoms with E-state index in [4.69, 9.17) is 0 Å². The molecule has 0 aliphatic rings. The maximum absolute atomic E-state index is 10.2. The molecule has 0 saturated heterocycles. The minimum atomic E-state index is -0.737. The monoisotopic (exact) mass is 339 g/mol. The van der Waals surface area contributed by atoms with Crippen molar-refractivity contribution in [2.24, 2.45) is 0 Å². The number of nitro groups is 1. The van der Waals surface area contributed by atoms with E-state index >= 15 is 0 Å². The van der Waals surface area contributed by atoms with Crippen LogP contribution in [0, 0.1) is 15.3 Å². The van der Waals surface area contributed by atoms with Gasteiger partial charge in [0, 0.05) is 0 Å². The van der Waals surface area contributed by atoms with Gasteiger partial charge >= 0.3 is 77.9 Å². The van der Waals surface area contributed by atoms with E-state index in [1.807, 2.05) is 0 Å². The maximum atomic E-state index is 10.2. The van der Waals surface area contributed by atoms with Crippen LogP contribution >= 0.6 is 0 Å². The van der Waals surface area contributed by atoms with E-state index < -0.39 is 4.92 Å². The molecule has 6 nitrogen and oxygen atoms in total. The van der Waals surface area contributed by atoms with Gasteiger partial charge in [0.05, 0.1) is 0 Å². The summed E-state index contributed by atoms with van der Waals surface area (Å²) in [7, 11) is 0. The van der Waals surface area contributed by atoms with E-state index in [0.717, 1.165) is 0 Å². The van der Waals surface area contributed by atoms with Crippen LogP contribution in [0.1, 0.15) is 0 Å². The van der Waals surface area contributed by atoms with Gasteiger partial charge in [-0.2, -0.15) is 0 Å². The van der Waals surface area contributed by atoms with Crippen LogP contribution in [-0.4, -0.2) is 26.7 Å². The molecule has 0 unspecified atom stereocenters. The van der Waals surface area contributed by atoms with Gasteiger partial charge in [0.15, 0.2) is 0 Å². The number of hydroxylamine groups is 1. The van der Waals surface area contributed by atoms with E-state index in [1.165, 1.54) is 0 Å². The summed E-state index contributed by atoms with van der Waals surface area (Å²) in [4.78, 5) is 19.6. The Kier molecular flexibility index (Phi) is 4.21. The van der Waals surface area contributed by atoms with Crippen molar-refractivity contribution in [2.75, 3.05) is 0 Å². The van der Waals surface area contributed by atoms with E-state index in [2.05, 4.69) is 6.72 Å². The number of hydrogen-bond donors (Lipinski definition) is 0. The van der Waals surface area contributed by atoms with E-state index in [-0.39, 0.29) is 20.6 Å². The zero-order valence-corrected chi connectivity index (χ0v) is 8.60. The number of carbonyl (C=O) groups excluding carboxylic acids is 1. The van der Waals surface area contributed by atoms with E-state index in [9.17, 15) is 20.1 Å². The topological polar surface area (TPSA) is 86.3 Å². The van der Waals surface area contributed by atoms with Gasteiger partial charge in [0.25, 0.3) is 0 Å². The molecule has 0 bridgehead atoms. The zero-order chi connectivity index (χ0) is 9.72. The van der Waals surface area contributed by atoms with Crippen LogP contribution in [0.25, 0.3) is 0 Å². The molecule has 0 rings (SSSR count). The molecule has 0 heterocycles. The number of carbonyl (C=O) groups is 1. The first-order valence-electron chi connectivity index (χ1n) is 2.55. The van der Waals surface area contributed by atoms with Crippen LogP contribution in [0.3, 0.4) is 0 Å². The summed E-state index contributed by atoms with van der Waals surface area (Å²) in [6.45, 7) is 4.62. The molecule has 0 aliphatic carbocycles. The molecule has 0 fully saturated rings. The third-order valence-electron chi connectivity index (χ3n) is 0.806. The first-order chi connectivity index (χ1) is 5.49. The zero-order valence-electron chi connectivity index (χ0n) is 5.67. The number of hydrogen-bond acceptors (Lipinski definition) is 4. The van der Waals surface area contributed by atoms with Gasteiger partial charge < -0.3 is 0 Å². The van der Waals surface area contributed by atoms with E-state index in [1.54, 1.807) is 0 Å². The molecule has 0 spiro atoms. The van der Waals surface area contributed by atoms with Crippen molar-refractivity contribution in [1.82, 2.24) is 0 Å². The fourth-order valence-corrected chi connectivity index (χ4v) is 0.741. The fraction of sp³-hybridized carbons (Fsp3) is 0. The van der Waals surface area contributed by atoms with Crippen LogP contribution in [0.15, 0.2) is 11.8 Å². The number of aldehydes is 1. The first kappa shape index (κ1) is 10.8. The summed E-state index contributed by atoms with van der Waals surface area (Å²) in [6, 6.07) is 0. The normalized spacial score (nSPS) is 10.5. The van der Waals surface area contributed by atoms with Gasteiger partial charge in [-0.15, -0.1) is 0 Å². The Morgan fingerprint density at radius 1 is 1.50 bits per heavy atom. The second-order valence-electron chi connectivity index (χ2n) is 1.62. The van der Waals surface area contributed by atoms with Crippen molar-refractivity contribution in [3.63, 3.8) is 0 Å². The summed E-state index contributed by atoms with van der Waals surface area (Å²) in [5.41, 5.74) is -0.312. The Morgan fingerprint density at radius 2 is 2.00 bits per heavy atom. The predicted molar refractivity (Wildman–Crippen MR) is 35.8 cm³/mol. The summed E-state index contributed by atoms with van der Waals surface area (Å²) in [5, 5.41) is 20.3. The second-order valence-corrected chi connectivity index (χ2v) is 3.01. The van der Waals surface area contributed by atoms with Crippen molar-refractivity contribution in [3.05, 3.63) is 27.1 Å². The van der Waals surface area contributed by atoms with Crippen molar-refractivity contribution in [2.45, 2.75) is 0 Å². The molecular weight excluding hydrogens is 336 g/mol. The quantitative estimate of drug-likeness (QED) is 0.0972. The fourth-order valence-electron chi connectivity index (χ4n) is 0.379. The number of nitrogens with zero attached hydrogens (tertiary/aromatic N) is 2. The number of rotatable bonds is 4. The molecule has 0 amide bonds. The Labute approximate surface area is 78.3 Å². The van der Waals surface area contributed by atoms with Gasteiger partial charge in [-0.3, -0.25) is 0 Å². The SMILES string of the molecule is [CH-]=[N+]([O-])/C=C(/C=O)[C](=[W])[N+](=O)[O-]. The van der Waals surface area contributed by atoms with Crippen LogP contribution in [0.5, 0.6) is 0 Å². The first-order valence-corrected chi connectivity index (χ1v) is 4.02. The Morgan fingerprint density at radius 3 is 2.25 bits per heavy atom. The van der Waals surface area contributed by atoms with E-state index in [0.29, 0.717) is 25.6 Å². The average molecular weight is 339 g/mol. The van der Waals surface area contributed by atoms with Crippen molar-refractivity contribution in [1.29, 1.82) is 0 Å². The molecule has 0 N–H and O–H groups in total. The third kappa shape index (κ3) is 3.29. The van der Waals surface area contributed by atoms with Crippen LogP contribution < -0.4 is 0 Å². The Balaban J connectivity index is 4.80. The Bertz CT molecular complexity index is 283. The summed E-state index contributed by atoms with van der Waals surface area (Å²) < 4.78 is -0.493. The summed E-state index contributed by atoms with van der Waals surface area (Å²) in [5.74, 6) is 0. The Hall–Kier alpha value is -1.16. The summed E-state index contributed by atoms with van der Waals surface area (Å²) in [6.07, 6.45) is 0.862. The molecule has 0 aromatic rings. The van der Waals surface area contributed by atoms with Crippen molar-refractivity contribution in [3.8, 4) is 0 Å². The standard InChI is InChI=1S/C5H3N2O4.W/c1-6(9)2-5(4-8)3-7(10)11;/h1-2,4H;/q-1;/b5-2+;. The second kappa shape index (κ2) is 4.66. The molecule has 7 heteroatoms. The molecular formula is C5H3N2O4W-. The van der Waals surface area contributed by atoms with Gasteiger partial charge in [-0.1, -0.05) is 0 Å². The average Bonchev–Trinajstić information content (AvgIpc) is 1.98. The van der Waals surface area contributed by atoms with Gasteiger partial charge in [-0.25, -0.2) is 0 Å².